The summed E-state index contributed by atoms with van der Waals surface area (Å²) in [7, 11) is 0. The van der Waals surface area contributed by atoms with Crippen LogP contribution in [0.3, 0.4) is 0 Å². The number of nitrogens with zero attached hydrogens (tertiary/aromatic N) is 3. The maximum Gasteiger partial charge on any atom is 0.218 e. The van der Waals surface area contributed by atoms with Crippen molar-refractivity contribution in [3.63, 3.8) is 0 Å². The van der Waals surface area contributed by atoms with Crippen LogP contribution >= 0.6 is 0 Å². The first kappa shape index (κ1) is 31.9. The van der Waals surface area contributed by atoms with Crippen LogP contribution in [0.2, 0.25) is 0 Å². The summed E-state index contributed by atoms with van der Waals surface area (Å²) in [5, 5.41) is 30.6. The SMILES string of the molecule is NCCN=c1c(=NNc2ccc(NCCN)cc2)c(=NNc2ccc(NCCN)cc2)c(=O)c2c(NCCN)ccc(O)c12. The maximum absolute atomic E-state index is 14.2. The summed E-state index contributed by atoms with van der Waals surface area (Å²) < 4.78 is 0. The van der Waals surface area contributed by atoms with Crippen molar-refractivity contribution in [1.29, 1.82) is 0 Å². The largest absolute Gasteiger partial charge is 0.507 e. The van der Waals surface area contributed by atoms with E-state index in [0.29, 0.717) is 56.3 Å². The monoisotopic (exact) mass is 600 g/mol. The standard InChI is InChI=1S/C30H40N12O2/c31-11-15-35-19-1-5-21(6-2-19)39-41-28-27(38-18-14-34)26-24(43)10-9-23(37-17-13-33)25(26)30(44)29(28)42-40-22-7-3-20(4-8-22)36-16-12-32/h1-10,35-37,39-40,43H,11-18,31-34H2. The van der Waals surface area contributed by atoms with Gasteiger partial charge in [0.1, 0.15) is 11.1 Å². The molecule has 0 aromatic heterocycles. The van der Waals surface area contributed by atoms with E-state index in [-0.39, 0.29) is 45.7 Å². The van der Waals surface area contributed by atoms with E-state index in [9.17, 15) is 9.90 Å². The summed E-state index contributed by atoms with van der Waals surface area (Å²) in [6, 6.07) is 18.0. The summed E-state index contributed by atoms with van der Waals surface area (Å²) in [6.45, 7) is 3.52. The third-order valence-corrected chi connectivity index (χ3v) is 6.48. The van der Waals surface area contributed by atoms with Crippen LogP contribution in [0.5, 0.6) is 5.75 Å². The topological polar surface area (TPSA) is 239 Å². The van der Waals surface area contributed by atoms with Crippen molar-refractivity contribution in [3.05, 3.63) is 87.0 Å². The van der Waals surface area contributed by atoms with Crippen LogP contribution in [0.4, 0.5) is 28.4 Å². The zero-order valence-electron chi connectivity index (χ0n) is 24.4. The van der Waals surface area contributed by atoms with Crippen LogP contribution in [0.25, 0.3) is 10.8 Å². The van der Waals surface area contributed by atoms with E-state index in [4.69, 9.17) is 22.9 Å². The van der Waals surface area contributed by atoms with Gasteiger partial charge in [-0.25, -0.2) is 0 Å². The minimum Gasteiger partial charge on any atom is -0.507 e. The molecule has 0 heterocycles. The third-order valence-electron chi connectivity index (χ3n) is 6.48. The first-order valence-electron chi connectivity index (χ1n) is 14.4. The molecule has 0 atom stereocenters. The fourth-order valence-corrected chi connectivity index (χ4v) is 4.42. The molecule has 4 aromatic rings. The lowest BCUT2D eigenvalue weighted by atomic mass is 10.0. The summed E-state index contributed by atoms with van der Waals surface area (Å²) in [6.07, 6.45) is 0. The summed E-state index contributed by atoms with van der Waals surface area (Å²) in [5.41, 5.74) is 31.8. The molecule has 0 radical (unpaired) electrons. The van der Waals surface area contributed by atoms with Gasteiger partial charge in [-0.05, 0) is 60.7 Å². The highest BCUT2D eigenvalue weighted by Crippen LogP contribution is 2.25. The summed E-state index contributed by atoms with van der Waals surface area (Å²) >= 11 is 0. The number of nitrogens with two attached hydrogens (primary N) is 4. The van der Waals surface area contributed by atoms with Gasteiger partial charge in [0.2, 0.25) is 5.43 Å². The predicted molar refractivity (Wildman–Crippen MR) is 178 cm³/mol. The van der Waals surface area contributed by atoms with E-state index in [1.807, 2.05) is 48.5 Å². The smallest absolute Gasteiger partial charge is 0.218 e. The second kappa shape index (κ2) is 16.0. The van der Waals surface area contributed by atoms with Gasteiger partial charge in [0.15, 0.2) is 5.36 Å². The summed E-state index contributed by atoms with van der Waals surface area (Å²) in [4.78, 5) is 18.8. The van der Waals surface area contributed by atoms with Crippen LogP contribution in [-0.2, 0) is 0 Å². The van der Waals surface area contributed by atoms with E-state index in [0.717, 1.165) is 11.4 Å². The molecule has 4 rings (SSSR count). The maximum atomic E-state index is 14.2. The Morgan fingerprint density at radius 3 is 1.59 bits per heavy atom. The van der Waals surface area contributed by atoms with Gasteiger partial charge in [-0.15, -0.1) is 0 Å². The highest BCUT2D eigenvalue weighted by atomic mass is 16.3. The van der Waals surface area contributed by atoms with Crippen molar-refractivity contribution < 1.29 is 5.11 Å². The molecular weight excluding hydrogens is 560 g/mol. The van der Waals surface area contributed by atoms with Crippen molar-refractivity contribution in [2.75, 3.05) is 79.2 Å². The third kappa shape index (κ3) is 7.87. The van der Waals surface area contributed by atoms with Gasteiger partial charge in [-0.1, -0.05) is 0 Å². The number of hydrogen-bond donors (Lipinski definition) is 10. The summed E-state index contributed by atoms with van der Waals surface area (Å²) in [5.74, 6) is -0.127. The molecule has 14 heteroatoms. The van der Waals surface area contributed by atoms with Gasteiger partial charge in [0, 0.05) is 62.9 Å². The minimum atomic E-state index is -0.460. The predicted octanol–water partition coefficient (Wildman–Crippen LogP) is -0.392. The zero-order valence-corrected chi connectivity index (χ0v) is 24.4. The number of benzene rings is 4. The molecule has 0 spiro atoms. The minimum absolute atomic E-state index is 0.00580. The van der Waals surface area contributed by atoms with Crippen molar-refractivity contribution >= 4 is 39.2 Å². The quantitative estimate of drug-likeness (QED) is 0.0622. The molecule has 0 fully saturated rings. The lowest BCUT2D eigenvalue weighted by Crippen LogP contribution is -2.50. The number of anilines is 5. The van der Waals surface area contributed by atoms with Gasteiger partial charge in [0.05, 0.1) is 34.0 Å². The second-order valence-electron chi connectivity index (χ2n) is 9.68. The molecule has 0 aliphatic carbocycles. The fraction of sp³-hybridized carbons (Fsp3) is 0.267. The van der Waals surface area contributed by atoms with E-state index >= 15 is 0 Å². The molecule has 0 saturated heterocycles. The Labute approximate surface area is 254 Å². The number of phenols is 1. The molecule has 44 heavy (non-hydrogen) atoms. The molecule has 0 unspecified atom stereocenters. The molecule has 232 valence electrons. The first-order valence-corrected chi connectivity index (χ1v) is 14.4. The number of fused-ring (bicyclic) bond motifs is 1. The molecule has 0 aliphatic rings. The lowest BCUT2D eigenvalue weighted by molar-refractivity contribution is 0.481. The van der Waals surface area contributed by atoms with Crippen LogP contribution in [0.1, 0.15) is 0 Å². The van der Waals surface area contributed by atoms with Gasteiger partial charge in [-0.2, -0.15) is 10.2 Å². The molecular formula is C30H40N12O2. The average Bonchev–Trinajstić information content (AvgIpc) is 3.05. The molecule has 4 aromatic carbocycles. The highest BCUT2D eigenvalue weighted by molar-refractivity contribution is 5.97. The van der Waals surface area contributed by atoms with Gasteiger partial charge in [-0.3, -0.25) is 20.6 Å². The molecule has 14 nitrogen and oxygen atoms in total. The van der Waals surface area contributed by atoms with E-state index in [1.54, 1.807) is 6.07 Å². The lowest BCUT2D eigenvalue weighted by Gasteiger charge is -2.11. The molecule has 14 N–H and O–H groups in total. The van der Waals surface area contributed by atoms with Crippen molar-refractivity contribution in [2.45, 2.75) is 0 Å². The second-order valence-corrected chi connectivity index (χ2v) is 9.68. The highest BCUT2D eigenvalue weighted by Gasteiger charge is 2.16. The van der Waals surface area contributed by atoms with E-state index in [2.05, 4.69) is 42.0 Å². The van der Waals surface area contributed by atoms with Gasteiger partial charge >= 0.3 is 0 Å². The fourth-order valence-electron chi connectivity index (χ4n) is 4.42. The normalized spacial score (nSPS) is 12.5. The van der Waals surface area contributed by atoms with Crippen LogP contribution in [0.15, 0.2) is 80.7 Å². The van der Waals surface area contributed by atoms with Crippen LogP contribution in [-0.4, -0.2) is 57.5 Å². The van der Waals surface area contributed by atoms with Crippen molar-refractivity contribution in [3.8, 4) is 5.75 Å². The number of nitrogens with one attached hydrogen (secondary N) is 5. The van der Waals surface area contributed by atoms with Crippen molar-refractivity contribution in [2.24, 2.45) is 38.1 Å². The average molecular weight is 601 g/mol. The molecule has 0 saturated carbocycles. The Morgan fingerprint density at radius 2 is 1.07 bits per heavy atom. The number of phenolic OH excluding ortho intramolecular Hbond substituents is 1. The van der Waals surface area contributed by atoms with E-state index in [1.165, 1.54) is 6.07 Å². The Hall–Kier alpha value is -5.02. The Balaban J connectivity index is 1.93. The number of hydrogen-bond acceptors (Lipinski definition) is 14. The van der Waals surface area contributed by atoms with Crippen LogP contribution < -0.4 is 71.2 Å². The van der Waals surface area contributed by atoms with Gasteiger partial charge in [0.25, 0.3) is 0 Å². The van der Waals surface area contributed by atoms with E-state index < -0.39 is 5.43 Å². The molecule has 0 bridgehead atoms. The van der Waals surface area contributed by atoms with Crippen LogP contribution in [0, 0.1) is 0 Å². The van der Waals surface area contributed by atoms with Crippen molar-refractivity contribution in [1.82, 2.24) is 0 Å². The Kier molecular flexibility index (Phi) is 11.6. The Bertz CT molecular complexity index is 1760. The number of rotatable bonds is 15. The number of aromatic hydroxyl groups is 1. The molecule has 0 amide bonds. The zero-order chi connectivity index (χ0) is 31.3. The molecule has 0 aliphatic heterocycles. The first-order chi connectivity index (χ1) is 21.5. The Morgan fingerprint density at radius 1 is 0.568 bits per heavy atom. The van der Waals surface area contributed by atoms with Gasteiger partial charge < -0.3 is 44.0 Å².